The van der Waals surface area contributed by atoms with Gasteiger partial charge in [-0.3, -0.25) is 0 Å². The van der Waals surface area contributed by atoms with Crippen LogP contribution in [0.25, 0.3) is 0 Å². The summed E-state index contributed by atoms with van der Waals surface area (Å²) in [4.78, 5) is 0. The molecule has 120 valence electrons. The Morgan fingerprint density at radius 3 is 1.80 bits per heavy atom. The minimum Gasteiger partial charge on any atom is -0.402 e. The van der Waals surface area contributed by atoms with Gasteiger partial charge in [-0.2, -0.15) is 0 Å². The minimum absolute atomic E-state index is 0.673. The van der Waals surface area contributed by atoms with Gasteiger partial charge in [0.25, 0.3) is 0 Å². The molecule has 0 aromatic heterocycles. The zero-order chi connectivity index (χ0) is 15.3. The molecule has 5 heteroatoms. The Bertz CT molecular complexity index is 230. The fourth-order valence-corrected chi connectivity index (χ4v) is 4.79. The van der Waals surface area contributed by atoms with Crippen LogP contribution in [-0.2, 0) is 13.3 Å². The summed E-state index contributed by atoms with van der Waals surface area (Å²) in [5.41, 5.74) is 6.58. The highest BCUT2D eigenvalue weighted by Gasteiger charge is 2.38. The lowest BCUT2D eigenvalue weighted by Gasteiger charge is -2.27. The highest BCUT2D eigenvalue weighted by molar-refractivity contribution is 6.60. The molecule has 1 aliphatic rings. The standard InChI is InChI=1S/C9H22O3Si.C6H11N/c1-5-9-13(10-6-2,11-7-3)12-8-4;7-6-4-2-1-3-5-6/h5-9H2,1-4H3;4H,1-3,5,7H2. The fourth-order valence-electron chi connectivity index (χ4n) is 2.17. The molecule has 1 rings (SSSR count). The lowest BCUT2D eigenvalue weighted by molar-refractivity contribution is 0.0712. The molecule has 0 aromatic rings. The number of nitrogens with two attached hydrogens (primary N) is 1. The molecule has 0 unspecified atom stereocenters. The maximum atomic E-state index is 5.65. The van der Waals surface area contributed by atoms with Crippen LogP contribution in [0, 0.1) is 0 Å². The number of hydrogen-bond acceptors (Lipinski definition) is 4. The molecule has 0 spiro atoms. The van der Waals surface area contributed by atoms with E-state index in [9.17, 15) is 0 Å². The van der Waals surface area contributed by atoms with Crippen molar-refractivity contribution in [3.8, 4) is 0 Å². The predicted molar refractivity (Wildman–Crippen MR) is 86.5 cm³/mol. The van der Waals surface area contributed by atoms with Crippen LogP contribution in [-0.4, -0.2) is 28.6 Å². The second kappa shape index (κ2) is 12.4. The van der Waals surface area contributed by atoms with Crippen molar-refractivity contribution in [2.45, 2.75) is 65.8 Å². The molecule has 0 fully saturated rings. The van der Waals surface area contributed by atoms with Gasteiger partial charge in [0.1, 0.15) is 0 Å². The summed E-state index contributed by atoms with van der Waals surface area (Å²) < 4.78 is 16.9. The van der Waals surface area contributed by atoms with Crippen molar-refractivity contribution in [1.29, 1.82) is 0 Å². The zero-order valence-electron chi connectivity index (χ0n) is 13.7. The molecule has 0 heterocycles. The van der Waals surface area contributed by atoms with Gasteiger partial charge in [0.15, 0.2) is 0 Å². The van der Waals surface area contributed by atoms with Crippen LogP contribution < -0.4 is 5.73 Å². The monoisotopic (exact) mass is 303 g/mol. The van der Waals surface area contributed by atoms with Crippen LogP contribution >= 0.6 is 0 Å². The van der Waals surface area contributed by atoms with E-state index in [2.05, 4.69) is 13.0 Å². The summed E-state index contributed by atoms with van der Waals surface area (Å²) in [6.45, 7) is 10.1. The lowest BCUT2D eigenvalue weighted by Crippen LogP contribution is -2.45. The van der Waals surface area contributed by atoms with Crippen molar-refractivity contribution in [2.75, 3.05) is 19.8 Å². The van der Waals surface area contributed by atoms with Crippen LogP contribution in [0.4, 0.5) is 0 Å². The van der Waals surface area contributed by atoms with Gasteiger partial charge in [-0.15, -0.1) is 0 Å². The lowest BCUT2D eigenvalue weighted by atomic mass is 10.1. The molecule has 20 heavy (non-hydrogen) atoms. The smallest absolute Gasteiger partial charge is 0.402 e. The summed E-state index contributed by atoms with van der Waals surface area (Å²) in [5, 5.41) is 0. The van der Waals surface area contributed by atoms with E-state index in [0.717, 1.165) is 24.6 Å². The van der Waals surface area contributed by atoms with Crippen molar-refractivity contribution in [3.05, 3.63) is 11.8 Å². The third-order valence-corrected chi connectivity index (χ3v) is 6.27. The van der Waals surface area contributed by atoms with Gasteiger partial charge in [0.2, 0.25) is 0 Å². The maximum absolute atomic E-state index is 5.65. The Labute approximate surface area is 126 Å². The Morgan fingerprint density at radius 2 is 1.55 bits per heavy atom. The Kier molecular flexibility index (Phi) is 12.2. The second-order valence-electron chi connectivity index (χ2n) is 4.76. The first-order valence-corrected chi connectivity index (χ1v) is 9.93. The quantitative estimate of drug-likeness (QED) is 0.692. The highest BCUT2D eigenvalue weighted by Crippen LogP contribution is 2.17. The average molecular weight is 304 g/mol. The molecule has 0 saturated carbocycles. The van der Waals surface area contributed by atoms with E-state index in [0.29, 0.717) is 19.8 Å². The van der Waals surface area contributed by atoms with Crippen LogP contribution in [0.2, 0.25) is 6.04 Å². The van der Waals surface area contributed by atoms with E-state index >= 15 is 0 Å². The Hall–Kier alpha value is -0.363. The van der Waals surface area contributed by atoms with Crippen molar-refractivity contribution >= 4 is 8.80 Å². The van der Waals surface area contributed by atoms with Gasteiger partial charge >= 0.3 is 8.80 Å². The Morgan fingerprint density at radius 1 is 1.00 bits per heavy atom. The molecule has 0 bridgehead atoms. The van der Waals surface area contributed by atoms with Crippen molar-refractivity contribution in [2.24, 2.45) is 5.73 Å². The normalized spacial score (nSPS) is 15.3. The second-order valence-corrected chi connectivity index (χ2v) is 7.49. The molecule has 0 aliphatic heterocycles. The first-order chi connectivity index (χ1) is 9.64. The number of hydrogen-bond donors (Lipinski definition) is 1. The van der Waals surface area contributed by atoms with Gasteiger partial charge in [0, 0.05) is 31.6 Å². The van der Waals surface area contributed by atoms with E-state index in [1.807, 2.05) is 20.8 Å². The van der Waals surface area contributed by atoms with Crippen LogP contribution in [0.15, 0.2) is 11.8 Å². The first-order valence-electron chi connectivity index (χ1n) is 8.00. The third-order valence-electron chi connectivity index (χ3n) is 2.98. The average Bonchev–Trinajstić information content (AvgIpc) is 2.41. The highest BCUT2D eigenvalue weighted by atomic mass is 28.4. The topological polar surface area (TPSA) is 53.7 Å². The van der Waals surface area contributed by atoms with Gasteiger partial charge in [0.05, 0.1) is 0 Å². The van der Waals surface area contributed by atoms with Gasteiger partial charge in [-0.1, -0.05) is 19.4 Å². The summed E-state index contributed by atoms with van der Waals surface area (Å²) in [6.07, 6.45) is 8.13. The van der Waals surface area contributed by atoms with Gasteiger partial charge in [-0.05, 0) is 46.5 Å². The van der Waals surface area contributed by atoms with E-state index in [1.54, 1.807) is 0 Å². The minimum atomic E-state index is -2.30. The van der Waals surface area contributed by atoms with E-state index in [1.165, 1.54) is 19.3 Å². The SMILES string of the molecule is CCC[Si](OCC)(OCC)OCC.NC1=CCCCC1. The Balaban J connectivity index is 0.000000428. The van der Waals surface area contributed by atoms with Crippen LogP contribution in [0.3, 0.4) is 0 Å². The van der Waals surface area contributed by atoms with Gasteiger partial charge < -0.3 is 19.0 Å². The van der Waals surface area contributed by atoms with Crippen LogP contribution in [0.1, 0.15) is 59.8 Å². The molecular weight excluding hydrogens is 270 g/mol. The predicted octanol–water partition coefficient (Wildman–Crippen LogP) is 3.85. The van der Waals surface area contributed by atoms with E-state index < -0.39 is 8.80 Å². The summed E-state index contributed by atoms with van der Waals surface area (Å²) >= 11 is 0. The van der Waals surface area contributed by atoms with E-state index in [4.69, 9.17) is 19.0 Å². The number of rotatable bonds is 8. The number of allylic oxidation sites excluding steroid dienone is 2. The summed E-state index contributed by atoms with van der Waals surface area (Å²) in [6, 6.07) is 0.919. The van der Waals surface area contributed by atoms with Gasteiger partial charge in [-0.25, -0.2) is 0 Å². The maximum Gasteiger partial charge on any atom is 0.500 e. The molecule has 4 nitrogen and oxygen atoms in total. The van der Waals surface area contributed by atoms with Crippen molar-refractivity contribution in [3.63, 3.8) is 0 Å². The molecule has 0 atom stereocenters. The fraction of sp³-hybridized carbons (Fsp3) is 0.867. The zero-order valence-corrected chi connectivity index (χ0v) is 14.7. The molecule has 0 aromatic carbocycles. The van der Waals surface area contributed by atoms with E-state index in [-0.39, 0.29) is 0 Å². The summed E-state index contributed by atoms with van der Waals surface area (Å²) in [7, 11) is -2.30. The molecule has 1 aliphatic carbocycles. The molecule has 2 N–H and O–H groups in total. The van der Waals surface area contributed by atoms with Crippen LogP contribution in [0.5, 0.6) is 0 Å². The third kappa shape index (κ3) is 8.74. The molecular formula is C15H33NO3Si. The molecule has 0 amide bonds. The summed E-state index contributed by atoms with van der Waals surface area (Å²) in [5.74, 6) is 0. The van der Waals surface area contributed by atoms with Crippen molar-refractivity contribution < 1.29 is 13.3 Å². The molecule has 0 radical (unpaired) electrons. The molecule has 0 saturated heterocycles. The first kappa shape index (κ1) is 19.6. The van der Waals surface area contributed by atoms with Crippen molar-refractivity contribution in [1.82, 2.24) is 0 Å². The largest absolute Gasteiger partial charge is 0.500 e.